The van der Waals surface area contributed by atoms with Crippen molar-refractivity contribution in [2.45, 2.75) is 12.5 Å². The van der Waals surface area contributed by atoms with E-state index in [1.165, 1.54) is 15.9 Å². The van der Waals surface area contributed by atoms with Crippen LogP contribution in [0, 0.1) is 17.1 Å². The van der Waals surface area contributed by atoms with Crippen LogP contribution in [0.4, 0.5) is 4.39 Å². The molecule has 190 valence electrons. The third-order valence-corrected chi connectivity index (χ3v) is 7.88. The second-order valence-electron chi connectivity index (χ2n) is 9.22. The number of aromatic nitrogens is 1. The van der Waals surface area contributed by atoms with Crippen LogP contribution in [0.3, 0.4) is 0 Å². The molecule has 6 rings (SSSR count). The highest BCUT2D eigenvalue weighted by Crippen LogP contribution is 2.35. The standard InChI is InChI=1S/C32H22FN3O2S/c1-36-26-16-22(13-15-27(26)38-32(36)37)23-12-14-25-28(17-23)39-29(30(25)33)18-24(19-34)35-31(20-8-4-2-5-9-20)21-10-6-3-7-11-21/h2-17,24H,18H2,1H3. The molecule has 0 bridgehead atoms. The molecular weight excluding hydrogens is 509 g/mol. The lowest BCUT2D eigenvalue weighted by Crippen LogP contribution is -2.12. The van der Waals surface area contributed by atoms with Crippen molar-refractivity contribution in [2.24, 2.45) is 12.0 Å². The molecule has 0 spiro atoms. The van der Waals surface area contributed by atoms with Crippen molar-refractivity contribution in [1.29, 1.82) is 5.26 Å². The van der Waals surface area contributed by atoms with Crippen molar-refractivity contribution in [1.82, 2.24) is 4.57 Å². The largest absolute Gasteiger partial charge is 0.419 e. The molecule has 4 aromatic carbocycles. The second-order valence-corrected chi connectivity index (χ2v) is 10.4. The molecule has 0 aliphatic rings. The number of benzene rings is 4. The van der Waals surface area contributed by atoms with E-state index in [0.717, 1.165) is 27.0 Å². The zero-order valence-electron chi connectivity index (χ0n) is 21.0. The monoisotopic (exact) mass is 531 g/mol. The average Bonchev–Trinajstić information content (AvgIpc) is 3.45. The van der Waals surface area contributed by atoms with Crippen molar-refractivity contribution >= 4 is 38.2 Å². The summed E-state index contributed by atoms with van der Waals surface area (Å²) in [7, 11) is 1.66. The van der Waals surface area contributed by atoms with Crippen LogP contribution in [0.1, 0.15) is 16.0 Å². The Labute approximate surface area is 227 Å². The second kappa shape index (κ2) is 10.2. The molecule has 0 saturated carbocycles. The van der Waals surface area contributed by atoms with Gasteiger partial charge in [-0.15, -0.1) is 11.3 Å². The molecule has 7 heteroatoms. The molecule has 0 amide bonds. The van der Waals surface area contributed by atoms with Gasteiger partial charge in [0.05, 0.1) is 17.3 Å². The van der Waals surface area contributed by atoms with Gasteiger partial charge in [0.1, 0.15) is 11.9 Å². The Morgan fingerprint density at radius 2 is 1.62 bits per heavy atom. The molecule has 0 radical (unpaired) electrons. The number of halogens is 1. The van der Waals surface area contributed by atoms with Crippen molar-refractivity contribution < 1.29 is 8.81 Å². The highest BCUT2D eigenvalue weighted by Gasteiger charge is 2.19. The van der Waals surface area contributed by atoms with Gasteiger partial charge in [-0.25, -0.2) is 9.18 Å². The Morgan fingerprint density at radius 3 is 2.28 bits per heavy atom. The molecule has 0 aliphatic carbocycles. The molecular formula is C32H22FN3O2S. The number of aryl methyl sites for hydroxylation is 1. The maximum absolute atomic E-state index is 15.5. The van der Waals surface area contributed by atoms with Gasteiger partial charge in [0.15, 0.2) is 5.58 Å². The van der Waals surface area contributed by atoms with Crippen LogP contribution in [-0.2, 0) is 13.5 Å². The molecule has 1 unspecified atom stereocenters. The first kappa shape index (κ1) is 24.5. The van der Waals surface area contributed by atoms with E-state index in [9.17, 15) is 10.1 Å². The zero-order valence-corrected chi connectivity index (χ0v) is 21.8. The average molecular weight is 532 g/mol. The summed E-state index contributed by atoms with van der Waals surface area (Å²) in [5, 5.41) is 10.5. The number of nitrogens with zero attached hydrogens (tertiary/aromatic N) is 3. The van der Waals surface area contributed by atoms with Gasteiger partial charge in [0.25, 0.3) is 0 Å². The fourth-order valence-corrected chi connectivity index (χ4v) is 5.85. The number of aliphatic imine (C=N–C) groups is 1. The molecule has 2 heterocycles. The van der Waals surface area contributed by atoms with E-state index in [2.05, 4.69) is 6.07 Å². The quantitative estimate of drug-likeness (QED) is 0.215. The number of oxazole rings is 1. The highest BCUT2D eigenvalue weighted by atomic mass is 32.1. The van der Waals surface area contributed by atoms with Crippen molar-refractivity contribution in [3.05, 3.63) is 129 Å². The third-order valence-electron chi connectivity index (χ3n) is 6.73. The van der Waals surface area contributed by atoms with Gasteiger partial charge in [-0.05, 0) is 35.4 Å². The molecule has 0 saturated heterocycles. The Bertz CT molecular complexity index is 1910. The molecule has 6 aromatic rings. The topological polar surface area (TPSA) is 71.3 Å². The number of hydrogen-bond acceptors (Lipinski definition) is 5. The molecule has 0 aliphatic heterocycles. The molecule has 1 atom stereocenters. The Balaban J connectivity index is 1.35. The summed E-state index contributed by atoms with van der Waals surface area (Å²) in [6.45, 7) is 0. The van der Waals surface area contributed by atoms with Crippen molar-refractivity contribution in [3.63, 3.8) is 0 Å². The van der Waals surface area contributed by atoms with Gasteiger partial charge in [-0.1, -0.05) is 72.8 Å². The van der Waals surface area contributed by atoms with Gasteiger partial charge in [-0.2, -0.15) is 5.26 Å². The minimum absolute atomic E-state index is 0.170. The minimum atomic E-state index is -0.757. The smallest absolute Gasteiger partial charge is 0.408 e. The fourth-order valence-electron chi connectivity index (χ4n) is 4.69. The number of fused-ring (bicyclic) bond motifs is 2. The van der Waals surface area contributed by atoms with Crippen molar-refractivity contribution in [3.8, 4) is 17.2 Å². The number of rotatable bonds is 6. The van der Waals surface area contributed by atoms with Crippen LogP contribution < -0.4 is 5.76 Å². The van der Waals surface area contributed by atoms with Crippen LogP contribution in [0.15, 0.2) is 111 Å². The maximum Gasteiger partial charge on any atom is 0.419 e. The normalized spacial score (nSPS) is 11.9. The Hall–Kier alpha value is -4.80. The van der Waals surface area contributed by atoms with Gasteiger partial charge in [-0.3, -0.25) is 9.56 Å². The first-order valence-electron chi connectivity index (χ1n) is 12.4. The van der Waals surface area contributed by atoms with E-state index in [4.69, 9.17) is 9.41 Å². The van der Waals surface area contributed by atoms with E-state index in [1.54, 1.807) is 19.2 Å². The van der Waals surface area contributed by atoms with E-state index in [1.807, 2.05) is 84.9 Å². The fraction of sp³-hybridized carbons (Fsp3) is 0.0938. The molecule has 0 N–H and O–H groups in total. The van der Waals surface area contributed by atoms with Gasteiger partial charge in [0.2, 0.25) is 0 Å². The first-order chi connectivity index (χ1) is 19.0. The molecule has 0 fully saturated rings. The summed E-state index contributed by atoms with van der Waals surface area (Å²) in [6, 6.07) is 32.1. The number of hydrogen-bond donors (Lipinski definition) is 0. The third kappa shape index (κ3) is 4.67. The lowest BCUT2D eigenvalue weighted by molar-refractivity contribution is 0.528. The first-order valence-corrected chi connectivity index (χ1v) is 13.2. The summed E-state index contributed by atoms with van der Waals surface area (Å²) < 4.78 is 23.0. The van der Waals surface area contributed by atoms with Gasteiger partial charge >= 0.3 is 5.76 Å². The van der Waals surface area contributed by atoms with E-state index >= 15 is 4.39 Å². The van der Waals surface area contributed by atoms with E-state index in [-0.39, 0.29) is 12.2 Å². The summed E-state index contributed by atoms with van der Waals surface area (Å²) in [4.78, 5) is 17.2. The predicted octanol–water partition coefficient (Wildman–Crippen LogP) is 7.12. The van der Waals surface area contributed by atoms with Crippen LogP contribution in [0.5, 0.6) is 0 Å². The summed E-state index contributed by atoms with van der Waals surface area (Å²) >= 11 is 1.34. The summed E-state index contributed by atoms with van der Waals surface area (Å²) in [5.41, 5.74) is 5.51. The highest BCUT2D eigenvalue weighted by molar-refractivity contribution is 7.19. The Morgan fingerprint density at radius 1 is 0.974 bits per heavy atom. The van der Waals surface area contributed by atoms with Gasteiger partial charge < -0.3 is 4.42 Å². The Kier molecular flexibility index (Phi) is 6.39. The van der Waals surface area contributed by atoms with Crippen LogP contribution in [0.2, 0.25) is 0 Å². The predicted molar refractivity (Wildman–Crippen MR) is 154 cm³/mol. The lowest BCUT2D eigenvalue weighted by Gasteiger charge is -2.10. The maximum atomic E-state index is 15.5. The van der Waals surface area contributed by atoms with Crippen LogP contribution in [0.25, 0.3) is 32.3 Å². The summed E-state index contributed by atoms with van der Waals surface area (Å²) in [5.74, 6) is -0.731. The van der Waals surface area contributed by atoms with Gasteiger partial charge in [0, 0.05) is 39.6 Å². The minimum Gasteiger partial charge on any atom is -0.408 e. The zero-order chi connectivity index (χ0) is 26.9. The number of nitriles is 1. The SMILES string of the molecule is Cn1c(=O)oc2ccc(-c3ccc4c(F)c(CC(C#N)N=C(c5ccccc5)c5ccccc5)sc4c3)cc21. The van der Waals surface area contributed by atoms with Crippen LogP contribution >= 0.6 is 11.3 Å². The molecule has 39 heavy (non-hydrogen) atoms. The van der Waals surface area contributed by atoms with E-state index < -0.39 is 11.8 Å². The van der Waals surface area contributed by atoms with Crippen molar-refractivity contribution in [2.75, 3.05) is 0 Å². The summed E-state index contributed by atoms with van der Waals surface area (Å²) in [6.07, 6.45) is 0.170. The molecule has 5 nitrogen and oxygen atoms in total. The van der Waals surface area contributed by atoms with E-state index in [0.29, 0.717) is 27.1 Å². The lowest BCUT2D eigenvalue weighted by atomic mass is 10.0. The molecule has 2 aromatic heterocycles. The van der Waals surface area contributed by atoms with Crippen LogP contribution in [-0.4, -0.2) is 16.3 Å². The number of thiophene rings is 1.